The molecule has 3 N–H and O–H groups in total. The molecule has 4 nitrogen and oxygen atoms in total. The molecule has 2 rings (SSSR count). The van der Waals surface area contributed by atoms with Crippen molar-refractivity contribution in [3.05, 3.63) is 29.3 Å². The predicted molar refractivity (Wildman–Crippen MR) is 71.2 cm³/mol. The molecular weight excluding hydrogens is 228 g/mol. The number of nitrogens with two attached hydrogens (primary N) is 1. The van der Waals surface area contributed by atoms with Crippen LogP contribution in [0.1, 0.15) is 36.8 Å². The Hall–Kier alpha value is -1.71. The SMILES string of the molecule is NC(CCCCOc1ccc2c(c1)CCC2)=NO. The van der Waals surface area contributed by atoms with Gasteiger partial charge in [0.15, 0.2) is 0 Å². The molecule has 0 unspecified atom stereocenters. The first-order chi connectivity index (χ1) is 8.79. The third-order valence-corrected chi connectivity index (χ3v) is 3.29. The van der Waals surface area contributed by atoms with Crippen LogP contribution in [0.4, 0.5) is 0 Å². The van der Waals surface area contributed by atoms with Crippen molar-refractivity contribution < 1.29 is 9.94 Å². The molecule has 0 aromatic heterocycles. The van der Waals surface area contributed by atoms with Crippen molar-refractivity contribution in [1.29, 1.82) is 0 Å². The number of hydrogen-bond acceptors (Lipinski definition) is 3. The second kappa shape index (κ2) is 6.28. The molecule has 0 heterocycles. The molecule has 1 aromatic carbocycles. The number of rotatable bonds is 6. The summed E-state index contributed by atoms with van der Waals surface area (Å²) in [6.45, 7) is 0.678. The van der Waals surface area contributed by atoms with Gasteiger partial charge in [-0.05, 0) is 55.4 Å². The third-order valence-electron chi connectivity index (χ3n) is 3.29. The Morgan fingerprint density at radius 2 is 2.11 bits per heavy atom. The lowest BCUT2D eigenvalue weighted by Gasteiger charge is -2.07. The van der Waals surface area contributed by atoms with Gasteiger partial charge in [-0.15, -0.1) is 0 Å². The second-order valence-corrected chi connectivity index (χ2v) is 4.68. The van der Waals surface area contributed by atoms with Crippen LogP contribution in [-0.2, 0) is 12.8 Å². The molecule has 4 heteroatoms. The van der Waals surface area contributed by atoms with Crippen LogP contribution < -0.4 is 10.5 Å². The van der Waals surface area contributed by atoms with Crippen LogP contribution >= 0.6 is 0 Å². The number of unbranched alkanes of at least 4 members (excludes halogenated alkanes) is 1. The van der Waals surface area contributed by atoms with E-state index in [9.17, 15) is 0 Å². The van der Waals surface area contributed by atoms with E-state index in [1.165, 1.54) is 30.4 Å². The minimum Gasteiger partial charge on any atom is -0.494 e. The van der Waals surface area contributed by atoms with E-state index >= 15 is 0 Å². The molecule has 0 radical (unpaired) electrons. The average molecular weight is 248 g/mol. The monoisotopic (exact) mass is 248 g/mol. The van der Waals surface area contributed by atoms with Gasteiger partial charge in [-0.3, -0.25) is 0 Å². The molecule has 1 aliphatic carbocycles. The minimum absolute atomic E-state index is 0.285. The number of ether oxygens (including phenoxy) is 1. The van der Waals surface area contributed by atoms with Gasteiger partial charge in [0, 0.05) is 6.42 Å². The van der Waals surface area contributed by atoms with E-state index in [0.29, 0.717) is 13.0 Å². The minimum atomic E-state index is 0.285. The zero-order chi connectivity index (χ0) is 12.8. The van der Waals surface area contributed by atoms with E-state index in [-0.39, 0.29) is 5.84 Å². The molecule has 0 fully saturated rings. The van der Waals surface area contributed by atoms with Gasteiger partial charge in [-0.2, -0.15) is 0 Å². The van der Waals surface area contributed by atoms with Gasteiger partial charge in [0.1, 0.15) is 11.6 Å². The van der Waals surface area contributed by atoms with Crippen molar-refractivity contribution in [1.82, 2.24) is 0 Å². The summed E-state index contributed by atoms with van der Waals surface area (Å²) in [5.74, 6) is 1.24. The quantitative estimate of drug-likeness (QED) is 0.267. The second-order valence-electron chi connectivity index (χ2n) is 4.68. The van der Waals surface area contributed by atoms with E-state index in [2.05, 4.69) is 17.3 Å². The number of oxime groups is 1. The fourth-order valence-electron chi connectivity index (χ4n) is 2.29. The van der Waals surface area contributed by atoms with Crippen LogP contribution in [0.3, 0.4) is 0 Å². The molecule has 0 bridgehead atoms. The standard InChI is InChI=1S/C14H20N2O2/c15-14(16-17)6-1-2-9-18-13-8-7-11-4-3-5-12(11)10-13/h7-8,10,17H,1-6,9H2,(H2,15,16). The van der Waals surface area contributed by atoms with E-state index in [0.717, 1.165) is 18.6 Å². The highest BCUT2D eigenvalue weighted by molar-refractivity contribution is 5.79. The Morgan fingerprint density at radius 3 is 2.94 bits per heavy atom. The zero-order valence-corrected chi connectivity index (χ0v) is 10.6. The molecule has 0 spiro atoms. The molecule has 18 heavy (non-hydrogen) atoms. The van der Waals surface area contributed by atoms with Crippen molar-refractivity contribution in [3.8, 4) is 5.75 Å². The third kappa shape index (κ3) is 3.39. The molecule has 1 aliphatic rings. The molecule has 98 valence electrons. The largest absolute Gasteiger partial charge is 0.494 e. The van der Waals surface area contributed by atoms with E-state index in [1.54, 1.807) is 0 Å². The smallest absolute Gasteiger partial charge is 0.139 e. The lowest BCUT2D eigenvalue weighted by Crippen LogP contribution is -2.11. The maximum atomic E-state index is 8.39. The first-order valence-electron chi connectivity index (χ1n) is 6.50. The van der Waals surface area contributed by atoms with Crippen LogP contribution in [0.2, 0.25) is 0 Å². The number of fused-ring (bicyclic) bond motifs is 1. The van der Waals surface area contributed by atoms with Crippen LogP contribution in [-0.4, -0.2) is 17.6 Å². The van der Waals surface area contributed by atoms with Crippen molar-refractivity contribution in [3.63, 3.8) is 0 Å². The Labute approximate surface area is 107 Å². The van der Waals surface area contributed by atoms with Crippen molar-refractivity contribution in [2.75, 3.05) is 6.61 Å². The Kier molecular flexibility index (Phi) is 4.45. The van der Waals surface area contributed by atoms with Gasteiger partial charge in [0.2, 0.25) is 0 Å². The van der Waals surface area contributed by atoms with Gasteiger partial charge in [-0.1, -0.05) is 11.2 Å². The van der Waals surface area contributed by atoms with Gasteiger partial charge in [-0.25, -0.2) is 0 Å². The van der Waals surface area contributed by atoms with Crippen LogP contribution in [0.5, 0.6) is 5.75 Å². The van der Waals surface area contributed by atoms with Gasteiger partial charge < -0.3 is 15.7 Å². The maximum absolute atomic E-state index is 8.39. The first-order valence-corrected chi connectivity index (χ1v) is 6.50. The summed E-state index contributed by atoms with van der Waals surface area (Å²) in [7, 11) is 0. The average Bonchev–Trinajstić information content (AvgIpc) is 2.85. The molecule has 1 aromatic rings. The molecular formula is C14H20N2O2. The van der Waals surface area contributed by atoms with Crippen LogP contribution in [0.15, 0.2) is 23.4 Å². The van der Waals surface area contributed by atoms with Crippen molar-refractivity contribution in [2.24, 2.45) is 10.9 Å². The number of amidine groups is 1. The predicted octanol–water partition coefficient (Wildman–Crippen LogP) is 2.47. The van der Waals surface area contributed by atoms with Gasteiger partial charge in [0.05, 0.1) is 6.61 Å². The zero-order valence-electron chi connectivity index (χ0n) is 10.6. The van der Waals surface area contributed by atoms with Gasteiger partial charge >= 0.3 is 0 Å². The Bertz CT molecular complexity index is 430. The fraction of sp³-hybridized carbons (Fsp3) is 0.500. The molecule has 0 atom stereocenters. The fourth-order valence-corrected chi connectivity index (χ4v) is 2.29. The lowest BCUT2D eigenvalue weighted by atomic mass is 10.1. The van der Waals surface area contributed by atoms with Crippen LogP contribution in [0.25, 0.3) is 0 Å². The van der Waals surface area contributed by atoms with Crippen molar-refractivity contribution >= 4 is 5.84 Å². The summed E-state index contributed by atoms with van der Waals surface area (Å²) in [5.41, 5.74) is 8.29. The van der Waals surface area contributed by atoms with Gasteiger partial charge in [0.25, 0.3) is 0 Å². The van der Waals surface area contributed by atoms with E-state index < -0.39 is 0 Å². The molecule has 0 saturated carbocycles. The van der Waals surface area contributed by atoms with Crippen LogP contribution in [0, 0.1) is 0 Å². The summed E-state index contributed by atoms with van der Waals surface area (Å²) in [6, 6.07) is 6.38. The van der Waals surface area contributed by atoms with E-state index in [4.69, 9.17) is 15.7 Å². The molecule has 0 amide bonds. The lowest BCUT2D eigenvalue weighted by molar-refractivity contribution is 0.304. The Morgan fingerprint density at radius 1 is 1.28 bits per heavy atom. The molecule has 0 saturated heterocycles. The summed E-state index contributed by atoms with van der Waals surface area (Å²) in [4.78, 5) is 0. The van der Waals surface area contributed by atoms with E-state index in [1.807, 2.05) is 6.07 Å². The summed E-state index contributed by atoms with van der Waals surface area (Å²) in [5, 5.41) is 11.3. The highest BCUT2D eigenvalue weighted by Gasteiger charge is 2.10. The first kappa shape index (κ1) is 12.7. The Balaban J connectivity index is 1.71. The number of nitrogens with zero attached hydrogens (tertiary/aromatic N) is 1. The topological polar surface area (TPSA) is 67.8 Å². The summed E-state index contributed by atoms with van der Waals surface area (Å²) in [6.07, 6.45) is 6.04. The number of hydrogen-bond donors (Lipinski definition) is 2. The highest BCUT2D eigenvalue weighted by atomic mass is 16.5. The number of benzene rings is 1. The molecule has 0 aliphatic heterocycles. The summed E-state index contributed by atoms with van der Waals surface area (Å²) < 4.78 is 5.70. The highest BCUT2D eigenvalue weighted by Crippen LogP contribution is 2.26. The maximum Gasteiger partial charge on any atom is 0.139 e. The normalized spacial score (nSPS) is 14.6. The number of aryl methyl sites for hydroxylation is 2. The summed E-state index contributed by atoms with van der Waals surface area (Å²) >= 11 is 0. The van der Waals surface area contributed by atoms with Crippen molar-refractivity contribution in [2.45, 2.75) is 38.5 Å².